The predicted molar refractivity (Wildman–Crippen MR) is 24.4 cm³/mol. The summed E-state index contributed by atoms with van der Waals surface area (Å²) in [6.07, 6.45) is 7.64. The van der Waals surface area contributed by atoms with Gasteiger partial charge in [-0.25, -0.2) is 4.98 Å². The fourth-order valence-corrected chi connectivity index (χ4v) is 0.284. The minimum Gasteiger partial charge on any atom is -0.450 e. The van der Waals surface area contributed by atoms with E-state index in [0.29, 0.717) is 5.69 Å². The first-order valence-corrected chi connectivity index (χ1v) is 1.78. The summed E-state index contributed by atoms with van der Waals surface area (Å²) in [6.45, 7) is 0. The lowest BCUT2D eigenvalue weighted by Crippen LogP contribution is -1.64. The van der Waals surface area contributed by atoms with Crippen molar-refractivity contribution in [1.82, 2.24) is 4.98 Å². The lowest BCUT2D eigenvalue weighted by Gasteiger charge is -1.63. The third-order valence-electron chi connectivity index (χ3n) is 0.580. The first kappa shape index (κ1) is 3.94. The first-order chi connectivity index (χ1) is 3.43. The molecule has 0 fully saturated rings. The van der Waals surface area contributed by atoms with E-state index in [0.717, 1.165) is 0 Å². The SMILES string of the molecule is C#Cc1cocn1. The number of nitrogens with zero attached hydrogens (tertiary/aromatic N) is 1. The van der Waals surface area contributed by atoms with Crippen molar-refractivity contribution in [2.24, 2.45) is 0 Å². The van der Waals surface area contributed by atoms with Crippen molar-refractivity contribution in [3.63, 3.8) is 0 Å². The molecular weight excluding hydrogens is 90.1 g/mol. The van der Waals surface area contributed by atoms with E-state index in [1.807, 2.05) is 0 Å². The van der Waals surface area contributed by atoms with Gasteiger partial charge in [-0.05, 0) is 5.92 Å². The van der Waals surface area contributed by atoms with Gasteiger partial charge < -0.3 is 4.42 Å². The molecule has 0 saturated carbocycles. The Labute approximate surface area is 41.2 Å². The highest BCUT2D eigenvalue weighted by molar-refractivity contribution is 5.18. The number of oxazole rings is 1. The predicted octanol–water partition coefficient (Wildman–Crippen LogP) is 0.656. The number of aromatic nitrogens is 1. The maximum Gasteiger partial charge on any atom is 0.181 e. The van der Waals surface area contributed by atoms with Gasteiger partial charge >= 0.3 is 0 Å². The Hall–Kier alpha value is -1.23. The van der Waals surface area contributed by atoms with Crippen LogP contribution in [0.3, 0.4) is 0 Å². The Morgan fingerprint density at radius 2 is 2.71 bits per heavy atom. The smallest absolute Gasteiger partial charge is 0.181 e. The van der Waals surface area contributed by atoms with Crippen LogP contribution in [0.15, 0.2) is 17.1 Å². The van der Waals surface area contributed by atoms with Crippen LogP contribution in [-0.2, 0) is 0 Å². The van der Waals surface area contributed by atoms with Crippen molar-refractivity contribution >= 4 is 0 Å². The molecule has 0 spiro atoms. The number of terminal acetylenes is 1. The molecule has 2 nitrogen and oxygen atoms in total. The zero-order valence-corrected chi connectivity index (χ0v) is 3.59. The monoisotopic (exact) mass is 93.0 g/mol. The van der Waals surface area contributed by atoms with Crippen LogP contribution in [0, 0.1) is 12.3 Å². The Morgan fingerprint density at radius 1 is 1.86 bits per heavy atom. The van der Waals surface area contributed by atoms with Gasteiger partial charge in [-0.3, -0.25) is 0 Å². The van der Waals surface area contributed by atoms with Gasteiger partial charge in [0.1, 0.15) is 6.26 Å². The molecule has 0 aromatic carbocycles. The van der Waals surface area contributed by atoms with Gasteiger partial charge in [0.25, 0.3) is 0 Å². The zero-order valence-electron chi connectivity index (χ0n) is 3.59. The van der Waals surface area contributed by atoms with Gasteiger partial charge in [-0.1, -0.05) is 0 Å². The molecular formula is C5H3NO. The molecule has 2 heteroatoms. The summed E-state index contributed by atoms with van der Waals surface area (Å²) >= 11 is 0. The lowest BCUT2D eigenvalue weighted by molar-refractivity contribution is 0.557. The largest absolute Gasteiger partial charge is 0.450 e. The average Bonchev–Trinajstić information content (AvgIpc) is 2.14. The molecule has 0 aliphatic carbocycles. The Morgan fingerprint density at radius 3 is 3.00 bits per heavy atom. The summed E-state index contributed by atoms with van der Waals surface area (Å²) in [6, 6.07) is 0. The Balaban J connectivity index is 3.04. The van der Waals surface area contributed by atoms with Crippen molar-refractivity contribution in [3.8, 4) is 12.3 Å². The third kappa shape index (κ3) is 0.606. The highest BCUT2D eigenvalue weighted by atomic mass is 16.3. The number of hydrogen-bond donors (Lipinski definition) is 0. The summed E-state index contributed by atoms with van der Waals surface area (Å²) < 4.78 is 4.55. The molecule has 1 heterocycles. The summed E-state index contributed by atoms with van der Waals surface area (Å²) in [4.78, 5) is 3.63. The topological polar surface area (TPSA) is 26.0 Å². The molecule has 0 saturated heterocycles. The first-order valence-electron chi connectivity index (χ1n) is 1.78. The molecule has 1 aromatic heterocycles. The van der Waals surface area contributed by atoms with Gasteiger partial charge in [-0.2, -0.15) is 0 Å². The van der Waals surface area contributed by atoms with Crippen LogP contribution in [0.1, 0.15) is 5.69 Å². The van der Waals surface area contributed by atoms with E-state index in [1.54, 1.807) is 0 Å². The van der Waals surface area contributed by atoms with E-state index < -0.39 is 0 Å². The Bertz CT molecular complexity index is 170. The quantitative estimate of drug-likeness (QED) is 0.440. The van der Waals surface area contributed by atoms with E-state index in [1.165, 1.54) is 12.7 Å². The maximum atomic E-state index is 4.92. The summed E-state index contributed by atoms with van der Waals surface area (Å²) in [5.41, 5.74) is 0.542. The normalized spacial score (nSPS) is 7.86. The van der Waals surface area contributed by atoms with Crippen molar-refractivity contribution < 1.29 is 4.42 Å². The summed E-state index contributed by atoms with van der Waals surface area (Å²) in [5, 5.41) is 0. The van der Waals surface area contributed by atoms with Crippen LogP contribution in [-0.4, -0.2) is 4.98 Å². The van der Waals surface area contributed by atoms with Crippen LogP contribution < -0.4 is 0 Å². The van der Waals surface area contributed by atoms with Crippen molar-refractivity contribution in [2.75, 3.05) is 0 Å². The van der Waals surface area contributed by atoms with Gasteiger partial charge in [0.2, 0.25) is 0 Å². The second-order valence-electron chi connectivity index (χ2n) is 1.02. The molecule has 0 aliphatic rings. The number of hydrogen-bond acceptors (Lipinski definition) is 2. The summed E-state index contributed by atoms with van der Waals surface area (Å²) in [7, 11) is 0. The third-order valence-corrected chi connectivity index (χ3v) is 0.580. The van der Waals surface area contributed by atoms with Crippen LogP contribution in [0.5, 0.6) is 0 Å². The summed E-state index contributed by atoms with van der Waals surface area (Å²) in [5.74, 6) is 2.30. The van der Waals surface area contributed by atoms with Crippen LogP contribution in [0.25, 0.3) is 0 Å². The van der Waals surface area contributed by atoms with E-state index in [4.69, 9.17) is 6.42 Å². The second kappa shape index (κ2) is 1.48. The number of rotatable bonds is 0. The zero-order chi connectivity index (χ0) is 5.11. The molecule has 0 radical (unpaired) electrons. The standard InChI is InChI=1S/C5H3NO/c1-2-5-3-7-4-6-5/h1,3-4H. The minimum absolute atomic E-state index is 0.542. The minimum atomic E-state index is 0.542. The molecule has 7 heavy (non-hydrogen) atoms. The van der Waals surface area contributed by atoms with E-state index in [2.05, 4.69) is 15.3 Å². The lowest BCUT2D eigenvalue weighted by atomic mass is 10.5. The maximum absolute atomic E-state index is 4.92. The average molecular weight is 93.1 g/mol. The molecule has 34 valence electrons. The van der Waals surface area contributed by atoms with Gasteiger partial charge in [-0.15, -0.1) is 6.42 Å². The van der Waals surface area contributed by atoms with Crippen LogP contribution >= 0.6 is 0 Å². The highest BCUT2D eigenvalue weighted by Crippen LogP contribution is 1.87. The van der Waals surface area contributed by atoms with Crippen LogP contribution in [0.4, 0.5) is 0 Å². The highest BCUT2D eigenvalue weighted by Gasteiger charge is 1.82. The Kier molecular flexibility index (Phi) is 0.833. The molecule has 0 amide bonds. The van der Waals surface area contributed by atoms with E-state index >= 15 is 0 Å². The van der Waals surface area contributed by atoms with E-state index in [9.17, 15) is 0 Å². The molecule has 0 atom stereocenters. The molecule has 0 aliphatic heterocycles. The molecule has 0 bridgehead atoms. The van der Waals surface area contributed by atoms with Gasteiger partial charge in [0.15, 0.2) is 12.1 Å². The van der Waals surface area contributed by atoms with Gasteiger partial charge in [0.05, 0.1) is 0 Å². The van der Waals surface area contributed by atoms with Crippen LogP contribution in [0.2, 0.25) is 0 Å². The van der Waals surface area contributed by atoms with E-state index in [-0.39, 0.29) is 0 Å². The van der Waals surface area contributed by atoms with Crippen molar-refractivity contribution in [2.45, 2.75) is 0 Å². The molecule has 0 unspecified atom stereocenters. The van der Waals surface area contributed by atoms with Gasteiger partial charge in [0, 0.05) is 0 Å². The van der Waals surface area contributed by atoms with Crippen molar-refractivity contribution in [3.05, 3.63) is 18.4 Å². The molecule has 0 N–H and O–H groups in total. The molecule has 1 rings (SSSR count). The molecule has 1 aromatic rings. The second-order valence-corrected chi connectivity index (χ2v) is 1.02. The van der Waals surface area contributed by atoms with Crippen molar-refractivity contribution in [1.29, 1.82) is 0 Å². The fourth-order valence-electron chi connectivity index (χ4n) is 0.284. The fraction of sp³-hybridized carbons (Fsp3) is 0.